The first-order valence-electron chi connectivity index (χ1n) is 9.98. The van der Waals surface area contributed by atoms with Crippen LogP contribution in [0.1, 0.15) is 5.56 Å². The fraction of sp³-hybridized carbons (Fsp3) is 0.261. The smallest absolute Gasteiger partial charge is 0.343 e. The van der Waals surface area contributed by atoms with Crippen molar-refractivity contribution in [3.8, 4) is 11.5 Å². The molecule has 180 valence electrons. The lowest BCUT2D eigenvalue weighted by Gasteiger charge is -2.14. The van der Waals surface area contributed by atoms with Crippen LogP contribution in [0, 0.1) is 0 Å². The minimum atomic E-state index is -0.526. The van der Waals surface area contributed by atoms with Crippen LogP contribution in [0.15, 0.2) is 50.8 Å². The van der Waals surface area contributed by atoms with Crippen LogP contribution in [-0.2, 0) is 19.1 Å². The number of aliphatic imine (C=N–C) groups is 1. The van der Waals surface area contributed by atoms with Crippen LogP contribution in [0.3, 0.4) is 0 Å². The van der Waals surface area contributed by atoms with Crippen LogP contribution in [0.5, 0.6) is 11.5 Å². The van der Waals surface area contributed by atoms with Gasteiger partial charge < -0.3 is 18.9 Å². The van der Waals surface area contributed by atoms with Crippen LogP contribution < -0.4 is 9.47 Å². The molecule has 1 aliphatic rings. The molecule has 8 nitrogen and oxygen atoms in total. The quantitative estimate of drug-likeness (QED) is 0.313. The minimum absolute atomic E-state index is 0.187. The van der Waals surface area contributed by atoms with Gasteiger partial charge in [0.25, 0.3) is 5.91 Å². The summed E-state index contributed by atoms with van der Waals surface area (Å²) >= 11 is 11.0. The minimum Gasteiger partial charge on any atom is -0.497 e. The molecule has 11 heteroatoms. The fourth-order valence-corrected chi connectivity index (χ4v) is 4.89. The second kappa shape index (κ2) is 12.3. The second-order valence-corrected chi connectivity index (χ2v) is 9.10. The van der Waals surface area contributed by atoms with E-state index in [9.17, 15) is 9.59 Å². The number of amidine groups is 1. The highest BCUT2D eigenvalue weighted by atomic mass is 79.9. The van der Waals surface area contributed by atoms with Gasteiger partial charge in [-0.1, -0.05) is 11.6 Å². The molecule has 1 aliphatic heterocycles. The van der Waals surface area contributed by atoms with E-state index in [0.29, 0.717) is 44.7 Å². The van der Waals surface area contributed by atoms with Crippen LogP contribution in [-0.4, -0.2) is 63.0 Å². The maximum absolute atomic E-state index is 13.1. The van der Waals surface area contributed by atoms with Crippen molar-refractivity contribution in [3.05, 3.63) is 56.4 Å². The van der Waals surface area contributed by atoms with Crippen molar-refractivity contribution in [2.24, 2.45) is 4.99 Å². The highest BCUT2D eigenvalue weighted by molar-refractivity contribution is 9.10. The first-order valence-corrected chi connectivity index (χ1v) is 12.0. The molecule has 34 heavy (non-hydrogen) atoms. The predicted molar refractivity (Wildman–Crippen MR) is 136 cm³/mol. The number of methoxy groups -OCH3 is 3. The Balaban J connectivity index is 1.88. The Hall–Kier alpha value is -2.53. The van der Waals surface area contributed by atoms with E-state index < -0.39 is 5.97 Å². The summed E-state index contributed by atoms with van der Waals surface area (Å²) in [7, 11) is 4.45. The van der Waals surface area contributed by atoms with E-state index in [1.165, 1.54) is 18.9 Å². The van der Waals surface area contributed by atoms with Gasteiger partial charge in [-0.25, -0.2) is 9.79 Å². The molecule has 0 aliphatic carbocycles. The summed E-state index contributed by atoms with van der Waals surface area (Å²) in [5, 5.41) is 0.825. The maximum Gasteiger partial charge on any atom is 0.343 e. The summed E-state index contributed by atoms with van der Waals surface area (Å²) in [6.45, 7) is 0.452. The first-order chi connectivity index (χ1) is 16.4. The molecule has 2 aromatic carbocycles. The first kappa shape index (κ1) is 26.1. The Morgan fingerprint density at radius 2 is 1.94 bits per heavy atom. The Bertz CT molecular complexity index is 1100. The molecule has 0 saturated carbocycles. The van der Waals surface area contributed by atoms with E-state index in [1.54, 1.807) is 49.5 Å². The topological polar surface area (TPSA) is 86.7 Å². The van der Waals surface area contributed by atoms with E-state index in [1.807, 2.05) is 12.1 Å². The lowest BCUT2D eigenvalue weighted by Crippen LogP contribution is -2.32. The van der Waals surface area contributed by atoms with Crippen molar-refractivity contribution in [2.45, 2.75) is 0 Å². The maximum atomic E-state index is 13.1. The Morgan fingerprint density at radius 3 is 2.56 bits per heavy atom. The molecule has 0 radical (unpaired) electrons. The summed E-state index contributed by atoms with van der Waals surface area (Å²) in [6.07, 6.45) is 1.73. The zero-order chi connectivity index (χ0) is 24.7. The molecule has 0 unspecified atom stereocenters. The molecule has 1 fully saturated rings. The number of esters is 1. The zero-order valence-corrected chi connectivity index (χ0v) is 21.8. The number of thioether (sulfide) groups is 1. The molecule has 2 aromatic rings. The van der Waals surface area contributed by atoms with E-state index in [0.717, 1.165) is 5.75 Å². The molecule has 1 amide bonds. The number of halogens is 2. The predicted octanol–water partition coefficient (Wildman–Crippen LogP) is 4.91. The second-order valence-electron chi connectivity index (χ2n) is 6.83. The Morgan fingerprint density at radius 1 is 1.21 bits per heavy atom. The van der Waals surface area contributed by atoms with E-state index in [-0.39, 0.29) is 17.5 Å². The van der Waals surface area contributed by atoms with E-state index in [2.05, 4.69) is 25.7 Å². The molecule has 0 atom stereocenters. The number of carbonyl (C=O) groups is 2. The van der Waals surface area contributed by atoms with Gasteiger partial charge in [0.05, 0.1) is 47.5 Å². The largest absolute Gasteiger partial charge is 0.497 e. The van der Waals surface area contributed by atoms with Gasteiger partial charge in [0, 0.05) is 7.11 Å². The van der Waals surface area contributed by atoms with Crippen LogP contribution in [0.25, 0.3) is 6.08 Å². The lowest BCUT2D eigenvalue weighted by molar-refractivity contribution is -0.142. The van der Waals surface area contributed by atoms with Gasteiger partial charge in [-0.2, -0.15) is 0 Å². The molecule has 3 rings (SSSR count). The zero-order valence-electron chi connectivity index (χ0n) is 18.7. The number of carbonyl (C=O) groups excluding carboxylic acids is 2. The lowest BCUT2D eigenvalue weighted by atomic mass is 10.2. The van der Waals surface area contributed by atoms with Crippen molar-refractivity contribution in [2.75, 3.05) is 41.1 Å². The van der Waals surface area contributed by atoms with Gasteiger partial charge in [0.15, 0.2) is 17.5 Å². The van der Waals surface area contributed by atoms with Gasteiger partial charge in [0.1, 0.15) is 5.75 Å². The number of hydrogen-bond acceptors (Lipinski definition) is 8. The van der Waals surface area contributed by atoms with Crippen LogP contribution >= 0.6 is 39.3 Å². The normalized spacial score (nSPS) is 15.8. The molecular formula is C23H22BrClN2O6S. The molecule has 1 saturated heterocycles. The average molecular weight is 570 g/mol. The molecule has 0 aromatic heterocycles. The molecular weight excluding hydrogens is 548 g/mol. The Labute approximate surface area is 215 Å². The highest BCUT2D eigenvalue weighted by Gasteiger charge is 2.33. The SMILES string of the molecule is COCCN1C(=O)/C(=C/c2cc(Cl)c(OCC(=O)OC)c(Br)c2)SC1=Nc1ccc(OC)cc1. The summed E-state index contributed by atoms with van der Waals surface area (Å²) in [6, 6.07) is 10.6. The summed E-state index contributed by atoms with van der Waals surface area (Å²) in [5.41, 5.74) is 1.37. The third kappa shape index (κ3) is 6.53. The summed E-state index contributed by atoms with van der Waals surface area (Å²) < 4.78 is 20.9. The number of amides is 1. The van der Waals surface area contributed by atoms with Crippen molar-refractivity contribution >= 4 is 68.1 Å². The fourth-order valence-electron chi connectivity index (χ4n) is 2.88. The molecule has 0 N–H and O–H groups in total. The van der Waals surface area contributed by atoms with E-state index >= 15 is 0 Å². The van der Waals surface area contributed by atoms with E-state index in [4.69, 9.17) is 25.8 Å². The number of benzene rings is 2. The van der Waals surface area contributed by atoms with Crippen molar-refractivity contribution in [1.82, 2.24) is 4.90 Å². The number of nitrogens with zero attached hydrogens (tertiary/aromatic N) is 2. The van der Waals surface area contributed by atoms with Gasteiger partial charge in [-0.3, -0.25) is 9.69 Å². The van der Waals surface area contributed by atoms with Gasteiger partial charge in [-0.15, -0.1) is 0 Å². The molecule has 1 heterocycles. The molecule has 0 bridgehead atoms. The van der Waals surface area contributed by atoms with Crippen LogP contribution in [0.2, 0.25) is 5.02 Å². The van der Waals surface area contributed by atoms with Gasteiger partial charge >= 0.3 is 5.97 Å². The molecule has 0 spiro atoms. The number of ether oxygens (including phenoxy) is 4. The third-order valence-corrected chi connectivity index (χ3v) is 6.46. The van der Waals surface area contributed by atoms with Crippen LogP contribution in [0.4, 0.5) is 5.69 Å². The highest BCUT2D eigenvalue weighted by Crippen LogP contribution is 2.38. The summed E-state index contributed by atoms with van der Waals surface area (Å²) in [5.74, 6) is 0.315. The van der Waals surface area contributed by atoms with Crippen molar-refractivity contribution < 1.29 is 28.5 Å². The number of rotatable bonds is 9. The monoisotopic (exact) mass is 568 g/mol. The van der Waals surface area contributed by atoms with Crippen molar-refractivity contribution in [1.29, 1.82) is 0 Å². The third-order valence-electron chi connectivity index (χ3n) is 4.58. The van der Waals surface area contributed by atoms with Crippen molar-refractivity contribution in [3.63, 3.8) is 0 Å². The number of hydrogen-bond donors (Lipinski definition) is 0. The summed E-state index contributed by atoms with van der Waals surface area (Å²) in [4.78, 5) is 31.2. The van der Waals surface area contributed by atoms with Gasteiger partial charge in [0.2, 0.25) is 0 Å². The Kier molecular flexibility index (Phi) is 9.40. The standard InChI is InChI=1S/C23H22BrClN2O6S/c1-30-9-8-27-22(29)19(34-23(27)26-15-4-6-16(31-2)7-5-15)12-14-10-17(24)21(18(25)11-14)33-13-20(28)32-3/h4-7,10-12H,8-9,13H2,1-3H3/b19-12-,26-23?. The average Bonchev–Trinajstić information content (AvgIpc) is 3.10. The van der Waals surface area contributed by atoms with Gasteiger partial charge in [-0.05, 0) is 75.7 Å².